The van der Waals surface area contributed by atoms with Gasteiger partial charge in [0.25, 0.3) is 0 Å². The summed E-state index contributed by atoms with van der Waals surface area (Å²) in [5.74, 6) is 5.03. The van der Waals surface area contributed by atoms with Gasteiger partial charge in [-0.3, -0.25) is 4.79 Å². The fourth-order valence-corrected chi connectivity index (χ4v) is 12.5. The number of hydrogen-bond acceptors (Lipinski definition) is 3. The molecule has 3 nitrogen and oxygen atoms in total. The lowest BCUT2D eigenvalue weighted by atomic mass is 9.35. The van der Waals surface area contributed by atoms with E-state index in [9.17, 15) is 4.79 Å². The predicted molar refractivity (Wildman–Crippen MR) is 162 cm³/mol. The zero-order chi connectivity index (χ0) is 27.6. The molecule has 5 aliphatic carbocycles. The van der Waals surface area contributed by atoms with Crippen LogP contribution in [0.2, 0.25) is 0 Å². The molecule has 39 heavy (non-hydrogen) atoms. The highest BCUT2D eigenvalue weighted by atomic mass is 16.1. The molecule has 9 atom stereocenters. The highest BCUT2D eigenvalue weighted by Gasteiger charge is 2.66. The molecule has 1 aromatic rings. The Morgan fingerprint density at radius 1 is 0.821 bits per heavy atom. The molecule has 0 saturated heterocycles. The second-order valence-corrected chi connectivity index (χ2v) is 16.1. The van der Waals surface area contributed by atoms with Crippen LogP contribution in [0.3, 0.4) is 0 Å². The molecule has 4 unspecified atom stereocenters. The van der Waals surface area contributed by atoms with Gasteiger partial charge in [-0.1, -0.05) is 58.4 Å². The predicted octanol–water partition coefficient (Wildman–Crippen LogP) is 7.95. The monoisotopic (exact) mass is 532 g/mol. The minimum Gasteiger partial charge on any atom is -0.310 e. The lowest BCUT2D eigenvalue weighted by Gasteiger charge is -2.69. The average molecular weight is 533 g/mol. The molecule has 0 aliphatic heterocycles. The molecular weight excluding hydrogens is 476 g/mol. The van der Waals surface area contributed by atoms with Gasteiger partial charge in [-0.05, 0) is 136 Å². The van der Waals surface area contributed by atoms with Crippen molar-refractivity contribution in [2.75, 3.05) is 27.2 Å². The van der Waals surface area contributed by atoms with Crippen LogP contribution >= 0.6 is 0 Å². The maximum absolute atomic E-state index is 11.3. The van der Waals surface area contributed by atoms with Crippen molar-refractivity contribution < 1.29 is 4.79 Å². The van der Waals surface area contributed by atoms with Crippen LogP contribution in [0.5, 0.6) is 0 Å². The molecular formula is C36H56N2O. The molecule has 0 amide bonds. The summed E-state index contributed by atoms with van der Waals surface area (Å²) in [5.41, 5.74) is 3.94. The first-order chi connectivity index (χ1) is 18.5. The van der Waals surface area contributed by atoms with Gasteiger partial charge in [0.1, 0.15) is 6.29 Å². The minimum absolute atomic E-state index is 0.289. The summed E-state index contributed by atoms with van der Waals surface area (Å²) in [6, 6.07) is 8.57. The van der Waals surface area contributed by atoms with Crippen LogP contribution < -0.4 is 5.32 Å². The summed E-state index contributed by atoms with van der Waals surface area (Å²) in [5, 5.41) is 4.18. The van der Waals surface area contributed by atoms with Gasteiger partial charge < -0.3 is 10.2 Å². The number of carbonyl (C=O) groups is 1. The van der Waals surface area contributed by atoms with Gasteiger partial charge in [0.05, 0.1) is 0 Å². The number of aldehydes is 1. The Bertz CT molecular complexity index is 1050. The van der Waals surface area contributed by atoms with Crippen molar-refractivity contribution in [3.63, 3.8) is 0 Å². The molecule has 1 N–H and O–H groups in total. The van der Waals surface area contributed by atoms with Crippen LogP contribution in [0.1, 0.15) is 120 Å². The van der Waals surface area contributed by atoms with Crippen molar-refractivity contribution in [1.29, 1.82) is 0 Å². The normalized spacial score (nSPS) is 44.7. The summed E-state index contributed by atoms with van der Waals surface area (Å²) in [7, 11) is 4.42. The van der Waals surface area contributed by atoms with Crippen molar-refractivity contribution in [2.45, 2.75) is 110 Å². The minimum atomic E-state index is 0.289. The standard InChI is InChI=1S/C36H56N2O/c1-33(2)28(26-11-9-25(24-39)10-12-26)15-19-35(4)31(33)17-20-34(3)29-16-21-36(37-22-23-38(5)6)18-7-8-30(36)27(29)13-14-32(34)35/h9-12,24,27-32,37H,7-8,13-23H2,1-6H3/t27-,28+,29?,30?,31?,32?,34-,35-,36-/m0/s1. The van der Waals surface area contributed by atoms with Crippen LogP contribution in [0, 0.1) is 45.8 Å². The van der Waals surface area contributed by atoms with E-state index in [1.807, 2.05) is 12.1 Å². The van der Waals surface area contributed by atoms with Crippen molar-refractivity contribution in [1.82, 2.24) is 10.2 Å². The molecule has 5 saturated carbocycles. The van der Waals surface area contributed by atoms with Gasteiger partial charge in [-0.15, -0.1) is 0 Å². The number of nitrogens with zero attached hydrogens (tertiary/aromatic N) is 1. The molecule has 0 heterocycles. The Morgan fingerprint density at radius 3 is 2.28 bits per heavy atom. The lowest BCUT2D eigenvalue weighted by Crippen LogP contribution is -2.64. The van der Waals surface area contributed by atoms with E-state index in [0.717, 1.165) is 54.5 Å². The summed E-state index contributed by atoms with van der Waals surface area (Å²) in [6.07, 6.45) is 16.6. The molecule has 0 aromatic heterocycles. The van der Waals surface area contributed by atoms with E-state index in [1.54, 1.807) is 0 Å². The Kier molecular flexibility index (Phi) is 7.15. The van der Waals surface area contributed by atoms with E-state index < -0.39 is 0 Å². The average Bonchev–Trinajstić information content (AvgIpc) is 3.32. The number of fused-ring (bicyclic) bond motifs is 7. The topological polar surface area (TPSA) is 32.3 Å². The Morgan fingerprint density at radius 2 is 1.56 bits per heavy atom. The molecule has 3 heteroatoms. The third-order valence-electron chi connectivity index (χ3n) is 14.1. The first-order valence-electron chi connectivity index (χ1n) is 16.5. The fourth-order valence-electron chi connectivity index (χ4n) is 12.5. The number of benzene rings is 1. The number of carbonyl (C=O) groups excluding carboxylic acids is 1. The van der Waals surface area contributed by atoms with E-state index in [0.29, 0.717) is 22.3 Å². The second-order valence-electron chi connectivity index (χ2n) is 16.1. The smallest absolute Gasteiger partial charge is 0.150 e. The van der Waals surface area contributed by atoms with Crippen LogP contribution in [-0.4, -0.2) is 43.9 Å². The molecule has 0 bridgehead atoms. The van der Waals surface area contributed by atoms with Gasteiger partial charge in [0.2, 0.25) is 0 Å². The second kappa shape index (κ2) is 9.97. The Labute approximate surface area is 239 Å². The first-order valence-corrected chi connectivity index (χ1v) is 16.5. The van der Waals surface area contributed by atoms with Crippen LogP contribution in [0.4, 0.5) is 0 Å². The molecule has 216 valence electrons. The number of hydrogen-bond donors (Lipinski definition) is 1. The maximum Gasteiger partial charge on any atom is 0.150 e. The zero-order valence-corrected chi connectivity index (χ0v) is 25.9. The maximum atomic E-state index is 11.3. The van der Waals surface area contributed by atoms with Gasteiger partial charge in [0, 0.05) is 24.2 Å². The third-order valence-corrected chi connectivity index (χ3v) is 14.1. The quantitative estimate of drug-likeness (QED) is 0.377. The highest BCUT2D eigenvalue weighted by molar-refractivity contribution is 5.74. The largest absolute Gasteiger partial charge is 0.310 e. The van der Waals surface area contributed by atoms with Crippen molar-refractivity contribution in [2.24, 2.45) is 45.8 Å². The van der Waals surface area contributed by atoms with Crippen LogP contribution in [0.15, 0.2) is 24.3 Å². The van der Waals surface area contributed by atoms with Crippen LogP contribution in [0.25, 0.3) is 0 Å². The molecule has 1 aromatic carbocycles. The molecule has 5 fully saturated rings. The molecule has 5 aliphatic rings. The number of likely N-dealkylation sites (N-methyl/N-ethyl adjacent to an activating group) is 1. The van der Waals surface area contributed by atoms with Crippen molar-refractivity contribution in [3.8, 4) is 0 Å². The van der Waals surface area contributed by atoms with E-state index in [4.69, 9.17) is 0 Å². The van der Waals surface area contributed by atoms with Crippen molar-refractivity contribution in [3.05, 3.63) is 35.4 Å². The summed E-state index contributed by atoms with van der Waals surface area (Å²) >= 11 is 0. The zero-order valence-electron chi connectivity index (χ0n) is 25.9. The first kappa shape index (κ1) is 28.0. The van der Waals surface area contributed by atoms with Crippen LogP contribution in [-0.2, 0) is 0 Å². The summed E-state index contributed by atoms with van der Waals surface area (Å²) in [6.45, 7) is 13.0. The Hall–Kier alpha value is -1.19. The fraction of sp³-hybridized carbons (Fsp3) is 0.806. The number of nitrogens with one attached hydrogen (secondary N) is 1. The third kappa shape index (κ3) is 4.30. The van der Waals surface area contributed by atoms with Gasteiger partial charge in [-0.25, -0.2) is 0 Å². The molecule has 0 spiro atoms. The summed E-state index contributed by atoms with van der Waals surface area (Å²) in [4.78, 5) is 13.6. The lowest BCUT2D eigenvalue weighted by molar-refractivity contribution is -0.195. The van der Waals surface area contributed by atoms with E-state index in [2.05, 4.69) is 64.1 Å². The Balaban J connectivity index is 1.23. The molecule has 0 radical (unpaired) electrons. The van der Waals surface area contributed by atoms with E-state index >= 15 is 0 Å². The highest BCUT2D eigenvalue weighted by Crippen LogP contribution is 2.73. The summed E-state index contributed by atoms with van der Waals surface area (Å²) < 4.78 is 0. The number of rotatable bonds is 6. The van der Waals surface area contributed by atoms with Gasteiger partial charge in [-0.2, -0.15) is 0 Å². The van der Waals surface area contributed by atoms with E-state index in [1.165, 1.54) is 76.2 Å². The van der Waals surface area contributed by atoms with Gasteiger partial charge in [0.15, 0.2) is 0 Å². The SMILES string of the molecule is CN(C)CCN[C@]12CCCC1[C@H]1CCC3[C@@](C)(CCC4C(C)(C)[C@@H](c5ccc(C=O)cc5)CC[C@@]43C)C1CC2. The van der Waals surface area contributed by atoms with Gasteiger partial charge >= 0.3 is 0 Å². The molecule has 6 rings (SSSR count). The van der Waals surface area contributed by atoms with Crippen molar-refractivity contribution >= 4 is 6.29 Å². The van der Waals surface area contributed by atoms with E-state index in [-0.39, 0.29) is 5.41 Å².